The zero-order valence-corrected chi connectivity index (χ0v) is 20.1. The Balaban J connectivity index is 1.88. The molecule has 0 fully saturated rings. The van der Waals surface area contributed by atoms with E-state index in [1.807, 2.05) is 13.8 Å². The van der Waals surface area contributed by atoms with Gasteiger partial charge in [-0.15, -0.1) is 0 Å². The van der Waals surface area contributed by atoms with Crippen LogP contribution in [0.4, 0.5) is 11.4 Å². The van der Waals surface area contributed by atoms with E-state index in [1.165, 1.54) is 0 Å². The molecule has 0 heterocycles. The Kier molecular flexibility index (Phi) is 9.90. The molecule has 0 saturated heterocycles. The standard InChI is InChI=1S/C22H26BrN3O4S/c1-14(2)12-20(27)24-16-5-7-17(8-6-16)25-22(31)26-21(28)15-4-9-19(18(23)13-15)30-11-10-29-3/h4-9,13-14H,10-12H2,1-3H3,(H,24,27)(H2,25,26,28,31). The van der Waals surface area contributed by atoms with Gasteiger partial charge in [-0.1, -0.05) is 13.8 Å². The summed E-state index contributed by atoms with van der Waals surface area (Å²) in [6.45, 7) is 4.87. The largest absolute Gasteiger partial charge is 0.490 e. The van der Waals surface area contributed by atoms with Gasteiger partial charge in [0, 0.05) is 30.5 Å². The summed E-state index contributed by atoms with van der Waals surface area (Å²) in [5.74, 6) is 0.538. The normalized spacial score (nSPS) is 10.5. The SMILES string of the molecule is COCCOc1ccc(C(=O)NC(=S)Nc2ccc(NC(=O)CC(C)C)cc2)cc1Br. The lowest BCUT2D eigenvalue weighted by molar-refractivity contribution is -0.116. The van der Waals surface area contributed by atoms with Crippen LogP contribution in [0, 0.1) is 5.92 Å². The predicted octanol–water partition coefficient (Wildman–Crippen LogP) is 4.59. The van der Waals surface area contributed by atoms with Crippen LogP contribution in [-0.4, -0.2) is 37.3 Å². The van der Waals surface area contributed by atoms with E-state index in [1.54, 1.807) is 49.6 Å². The first kappa shape index (κ1) is 24.8. The van der Waals surface area contributed by atoms with Crippen molar-refractivity contribution in [2.75, 3.05) is 31.0 Å². The van der Waals surface area contributed by atoms with E-state index in [4.69, 9.17) is 21.7 Å². The highest BCUT2D eigenvalue weighted by atomic mass is 79.9. The first-order valence-corrected chi connectivity index (χ1v) is 10.9. The molecule has 0 bridgehead atoms. The molecule has 0 unspecified atom stereocenters. The second-order valence-electron chi connectivity index (χ2n) is 7.12. The van der Waals surface area contributed by atoms with Crippen LogP contribution in [0.3, 0.4) is 0 Å². The van der Waals surface area contributed by atoms with Crippen LogP contribution in [0.25, 0.3) is 0 Å². The minimum Gasteiger partial charge on any atom is -0.490 e. The van der Waals surface area contributed by atoms with Crippen molar-refractivity contribution in [2.45, 2.75) is 20.3 Å². The summed E-state index contributed by atoms with van der Waals surface area (Å²) in [7, 11) is 1.60. The zero-order chi connectivity index (χ0) is 22.8. The first-order valence-electron chi connectivity index (χ1n) is 9.72. The van der Waals surface area contributed by atoms with Crippen LogP contribution in [0.1, 0.15) is 30.6 Å². The molecule has 0 spiro atoms. The highest BCUT2D eigenvalue weighted by Gasteiger charge is 2.11. The smallest absolute Gasteiger partial charge is 0.257 e. The van der Waals surface area contributed by atoms with Crippen molar-refractivity contribution in [3.8, 4) is 5.75 Å². The van der Waals surface area contributed by atoms with Crippen LogP contribution < -0.4 is 20.7 Å². The lowest BCUT2D eigenvalue weighted by Crippen LogP contribution is -2.34. The lowest BCUT2D eigenvalue weighted by atomic mass is 10.1. The molecular weight excluding hydrogens is 482 g/mol. The molecule has 166 valence electrons. The molecule has 0 aliphatic carbocycles. The number of ether oxygens (including phenoxy) is 2. The molecule has 2 aromatic rings. The number of hydrogen-bond acceptors (Lipinski definition) is 5. The van der Waals surface area contributed by atoms with Crippen molar-refractivity contribution in [3.63, 3.8) is 0 Å². The summed E-state index contributed by atoms with van der Waals surface area (Å²) >= 11 is 8.63. The van der Waals surface area contributed by atoms with Gasteiger partial charge in [-0.2, -0.15) is 0 Å². The van der Waals surface area contributed by atoms with Gasteiger partial charge in [0.25, 0.3) is 5.91 Å². The maximum Gasteiger partial charge on any atom is 0.257 e. The topological polar surface area (TPSA) is 88.7 Å². The predicted molar refractivity (Wildman–Crippen MR) is 130 cm³/mol. The van der Waals surface area contributed by atoms with Crippen LogP contribution in [0.2, 0.25) is 0 Å². The molecule has 3 N–H and O–H groups in total. The Morgan fingerprint density at radius 1 is 1.03 bits per heavy atom. The van der Waals surface area contributed by atoms with E-state index in [-0.39, 0.29) is 16.9 Å². The van der Waals surface area contributed by atoms with E-state index in [9.17, 15) is 9.59 Å². The third-order valence-corrected chi connectivity index (χ3v) is 4.81. The second kappa shape index (κ2) is 12.4. The van der Waals surface area contributed by atoms with Gasteiger partial charge < -0.3 is 20.1 Å². The molecule has 0 radical (unpaired) electrons. The highest BCUT2D eigenvalue weighted by molar-refractivity contribution is 9.10. The van der Waals surface area contributed by atoms with Gasteiger partial charge in [-0.25, -0.2) is 0 Å². The molecular formula is C22H26BrN3O4S. The number of hydrogen-bond donors (Lipinski definition) is 3. The number of thiocarbonyl (C=S) groups is 1. The van der Waals surface area contributed by atoms with Crippen molar-refractivity contribution in [2.24, 2.45) is 5.92 Å². The van der Waals surface area contributed by atoms with Crippen molar-refractivity contribution >= 4 is 56.4 Å². The van der Waals surface area contributed by atoms with Crippen LogP contribution in [-0.2, 0) is 9.53 Å². The van der Waals surface area contributed by atoms with Crippen molar-refractivity contribution in [3.05, 3.63) is 52.5 Å². The number of amides is 2. The fourth-order valence-corrected chi connectivity index (χ4v) is 3.26. The summed E-state index contributed by atoms with van der Waals surface area (Å²) in [6.07, 6.45) is 0.465. The summed E-state index contributed by atoms with van der Waals surface area (Å²) in [4.78, 5) is 24.3. The number of rotatable bonds is 9. The Bertz CT molecular complexity index is 919. The molecule has 0 aliphatic heterocycles. The van der Waals surface area contributed by atoms with Crippen molar-refractivity contribution < 1.29 is 19.1 Å². The Morgan fingerprint density at radius 3 is 2.26 bits per heavy atom. The molecule has 9 heteroatoms. The molecule has 2 amide bonds. The zero-order valence-electron chi connectivity index (χ0n) is 17.7. The van der Waals surface area contributed by atoms with E-state index in [2.05, 4.69) is 31.9 Å². The van der Waals surface area contributed by atoms with Gasteiger partial charge >= 0.3 is 0 Å². The van der Waals surface area contributed by atoms with Gasteiger partial charge in [-0.3, -0.25) is 14.9 Å². The average Bonchev–Trinajstić information content (AvgIpc) is 2.70. The monoisotopic (exact) mass is 507 g/mol. The molecule has 0 saturated carbocycles. The lowest BCUT2D eigenvalue weighted by Gasteiger charge is -2.12. The third-order valence-electron chi connectivity index (χ3n) is 3.99. The number of benzene rings is 2. The second-order valence-corrected chi connectivity index (χ2v) is 8.38. The number of carbonyl (C=O) groups excluding carboxylic acids is 2. The summed E-state index contributed by atoms with van der Waals surface area (Å²) < 4.78 is 11.2. The highest BCUT2D eigenvalue weighted by Crippen LogP contribution is 2.26. The molecule has 0 atom stereocenters. The number of halogens is 1. The van der Waals surface area contributed by atoms with Crippen LogP contribution >= 0.6 is 28.1 Å². The molecule has 31 heavy (non-hydrogen) atoms. The van der Waals surface area contributed by atoms with Gasteiger partial charge in [0.15, 0.2) is 5.11 Å². The maximum absolute atomic E-state index is 12.5. The van der Waals surface area contributed by atoms with E-state index < -0.39 is 0 Å². The minimum absolute atomic E-state index is 0.0280. The van der Waals surface area contributed by atoms with E-state index >= 15 is 0 Å². The Morgan fingerprint density at radius 2 is 1.68 bits per heavy atom. The van der Waals surface area contributed by atoms with Gasteiger partial charge in [0.05, 0.1) is 11.1 Å². The fraction of sp³-hybridized carbons (Fsp3) is 0.318. The molecule has 7 nitrogen and oxygen atoms in total. The number of anilines is 2. The van der Waals surface area contributed by atoms with Gasteiger partial charge in [0.1, 0.15) is 12.4 Å². The van der Waals surface area contributed by atoms with E-state index in [0.29, 0.717) is 52.7 Å². The third kappa shape index (κ3) is 8.64. The van der Waals surface area contributed by atoms with Crippen molar-refractivity contribution in [1.82, 2.24) is 5.32 Å². The number of methoxy groups -OCH3 is 1. The Hall–Kier alpha value is -2.49. The minimum atomic E-state index is -0.348. The van der Waals surface area contributed by atoms with Gasteiger partial charge in [0.2, 0.25) is 5.91 Å². The van der Waals surface area contributed by atoms with Crippen LogP contribution in [0.15, 0.2) is 46.9 Å². The Labute approximate surface area is 196 Å². The molecule has 0 aromatic heterocycles. The number of nitrogens with one attached hydrogen (secondary N) is 3. The van der Waals surface area contributed by atoms with Gasteiger partial charge in [-0.05, 0) is 76.5 Å². The quantitative estimate of drug-likeness (QED) is 0.339. The first-order chi connectivity index (χ1) is 14.8. The van der Waals surface area contributed by atoms with Crippen molar-refractivity contribution in [1.29, 1.82) is 0 Å². The van der Waals surface area contributed by atoms with Crippen LogP contribution in [0.5, 0.6) is 5.75 Å². The summed E-state index contributed by atoms with van der Waals surface area (Å²) in [5, 5.41) is 8.60. The maximum atomic E-state index is 12.5. The molecule has 2 aromatic carbocycles. The van der Waals surface area contributed by atoms with E-state index in [0.717, 1.165) is 0 Å². The molecule has 2 rings (SSSR count). The summed E-state index contributed by atoms with van der Waals surface area (Å²) in [5.41, 5.74) is 1.82. The average molecular weight is 508 g/mol. The number of carbonyl (C=O) groups is 2. The fourth-order valence-electron chi connectivity index (χ4n) is 2.55. The molecule has 0 aliphatic rings. The summed E-state index contributed by atoms with van der Waals surface area (Å²) in [6, 6.07) is 12.1.